The van der Waals surface area contributed by atoms with Gasteiger partial charge in [0.2, 0.25) is 5.89 Å². The van der Waals surface area contributed by atoms with Crippen LogP contribution in [-0.4, -0.2) is 27.6 Å². The third-order valence-corrected chi connectivity index (χ3v) is 3.89. The van der Waals surface area contributed by atoms with Gasteiger partial charge in [-0.2, -0.15) is 4.98 Å². The molecule has 0 spiro atoms. The molecule has 21 heavy (non-hydrogen) atoms. The summed E-state index contributed by atoms with van der Waals surface area (Å²) in [6.07, 6.45) is 7.73. The lowest BCUT2D eigenvalue weighted by Gasteiger charge is -2.19. The zero-order valence-electron chi connectivity index (χ0n) is 12.4. The first-order valence-corrected chi connectivity index (χ1v) is 7.64. The van der Waals surface area contributed by atoms with Crippen molar-refractivity contribution in [2.45, 2.75) is 38.8 Å². The molecule has 2 heterocycles. The van der Waals surface area contributed by atoms with Crippen LogP contribution in [0.3, 0.4) is 0 Å². The minimum Gasteiger partial charge on any atom is -0.338 e. The van der Waals surface area contributed by atoms with Crippen molar-refractivity contribution >= 4 is 6.08 Å². The molecule has 4 heteroatoms. The van der Waals surface area contributed by atoms with Crippen LogP contribution in [0.5, 0.6) is 0 Å². The molecule has 1 unspecified atom stereocenters. The van der Waals surface area contributed by atoms with Gasteiger partial charge in [-0.05, 0) is 24.9 Å². The van der Waals surface area contributed by atoms with E-state index in [9.17, 15) is 0 Å². The fraction of sp³-hybridized carbons (Fsp3) is 0.412. The summed E-state index contributed by atoms with van der Waals surface area (Å²) < 4.78 is 5.30. The second-order valence-electron chi connectivity index (χ2n) is 5.41. The summed E-state index contributed by atoms with van der Waals surface area (Å²) in [5.41, 5.74) is 1.25. The number of hydrogen-bond acceptors (Lipinski definition) is 4. The predicted molar refractivity (Wildman–Crippen MR) is 82.6 cm³/mol. The molecule has 110 valence electrons. The van der Waals surface area contributed by atoms with E-state index >= 15 is 0 Å². The molecule has 2 aromatic rings. The number of nitrogens with zero attached hydrogens (tertiary/aromatic N) is 3. The molecule has 1 fully saturated rings. The van der Waals surface area contributed by atoms with Crippen LogP contribution in [0.25, 0.3) is 6.08 Å². The Morgan fingerprint density at radius 3 is 2.95 bits per heavy atom. The fourth-order valence-electron chi connectivity index (χ4n) is 2.72. The van der Waals surface area contributed by atoms with Gasteiger partial charge in [0.1, 0.15) is 0 Å². The Kier molecular flexibility index (Phi) is 4.46. The normalized spacial score (nSPS) is 19.6. The predicted octanol–water partition coefficient (Wildman–Crippen LogP) is 3.31. The average Bonchev–Trinajstić information content (AvgIpc) is 3.16. The van der Waals surface area contributed by atoms with Gasteiger partial charge in [0, 0.05) is 12.5 Å². The monoisotopic (exact) mass is 283 g/mol. The van der Waals surface area contributed by atoms with Gasteiger partial charge in [0.25, 0.3) is 0 Å². The van der Waals surface area contributed by atoms with E-state index in [1.807, 2.05) is 13.0 Å². The standard InChI is InChI=1S/C17H21N3O/c1-2-16-18-17(21-19-16)13-20-12-6-9-15(20)11-10-14-7-4-3-5-8-14/h3-5,7-8,10-11,15H,2,6,9,12-13H2,1H3/b11-10+. The molecule has 1 saturated heterocycles. The highest BCUT2D eigenvalue weighted by atomic mass is 16.5. The maximum atomic E-state index is 5.30. The number of aryl methyl sites for hydroxylation is 1. The van der Waals surface area contributed by atoms with Crippen molar-refractivity contribution in [3.63, 3.8) is 0 Å². The van der Waals surface area contributed by atoms with Crippen LogP contribution in [0.4, 0.5) is 0 Å². The van der Waals surface area contributed by atoms with Gasteiger partial charge in [0.05, 0.1) is 6.54 Å². The summed E-state index contributed by atoms with van der Waals surface area (Å²) in [5, 5.41) is 3.96. The molecule has 0 amide bonds. The van der Waals surface area contributed by atoms with Crippen LogP contribution in [0.1, 0.15) is 37.0 Å². The molecular weight excluding hydrogens is 262 g/mol. The summed E-state index contributed by atoms with van der Waals surface area (Å²) in [7, 11) is 0. The number of benzene rings is 1. The molecule has 0 N–H and O–H groups in total. The van der Waals surface area contributed by atoms with E-state index in [-0.39, 0.29) is 0 Å². The van der Waals surface area contributed by atoms with Crippen LogP contribution in [0.2, 0.25) is 0 Å². The smallest absolute Gasteiger partial charge is 0.240 e. The molecule has 1 aromatic carbocycles. The number of hydrogen-bond donors (Lipinski definition) is 0. The van der Waals surface area contributed by atoms with Crippen molar-refractivity contribution in [2.24, 2.45) is 0 Å². The van der Waals surface area contributed by atoms with E-state index in [4.69, 9.17) is 4.52 Å². The van der Waals surface area contributed by atoms with Crippen molar-refractivity contribution < 1.29 is 4.52 Å². The zero-order valence-corrected chi connectivity index (χ0v) is 12.4. The number of rotatable bonds is 5. The summed E-state index contributed by atoms with van der Waals surface area (Å²) in [5.74, 6) is 1.52. The van der Waals surface area contributed by atoms with Gasteiger partial charge in [0.15, 0.2) is 5.82 Å². The van der Waals surface area contributed by atoms with Crippen molar-refractivity contribution in [1.82, 2.24) is 15.0 Å². The first kappa shape index (κ1) is 14.0. The van der Waals surface area contributed by atoms with Crippen molar-refractivity contribution in [3.05, 3.63) is 53.7 Å². The second-order valence-corrected chi connectivity index (χ2v) is 5.41. The molecule has 1 aromatic heterocycles. The van der Waals surface area contributed by atoms with E-state index in [0.717, 1.165) is 31.2 Å². The van der Waals surface area contributed by atoms with E-state index in [0.29, 0.717) is 6.04 Å². The highest BCUT2D eigenvalue weighted by Crippen LogP contribution is 2.21. The third-order valence-electron chi connectivity index (χ3n) is 3.89. The van der Waals surface area contributed by atoms with E-state index in [1.54, 1.807) is 0 Å². The highest BCUT2D eigenvalue weighted by molar-refractivity contribution is 5.49. The lowest BCUT2D eigenvalue weighted by Crippen LogP contribution is -2.27. The molecule has 1 atom stereocenters. The van der Waals surface area contributed by atoms with Crippen LogP contribution >= 0.6 is 0 Å². The van der Waals surface area contributed by atoms with Crippen molar-refractivity contribution in [2.75, 3.05) is 6.54 Å². The summed E-state index contributed by atoms with van der Waals surface area (Å²) >= 11 is 0. The van der Waals surface area contributed by atoms with Gasteiger partial charge in [-0.3, -0.25) is 4.90 Å². The minimum absolute atomic E-state index is 0.460. The van der Waals surface area contributed by atoms with Gasteiger partial charge in [-0.25, -0.2) is 0 Å². The zero-order chi connectivity index (χ0) is 14.5. The first-order chi connectivity index (χ1) is 10.3. The summed E-state index contributed by atoms with van der Waals surface area (Å²) in [4.78, 5) is 6.81. The fourth-order valence-corrected chi connectivity index (χ4v) is 2.72. The Bertz CT molecular complexity index is 591. The lowest BCUT2D eigenvalue weighted by atomic mass is 10.1. The Morgan fingerprint density at radius 1 is 1.33 bits per heavy atom. The molecule has 3 rings (SSSR count). The van der Waals surface area contributed by atoms with Gasteiger partial charge >= 0.3 is 0 Å². The molecule has 0 bridgehead atoms. The molecule has 0 saturated carbocycles. The lowest BCUT2D eigenvalue weighted by molar-refractivity contribution is 0.236. The Balaban J connectivity index is 1.64. The number of aromatic nitrogens is 2. The minimum atomic E-state index is 0.460. The van der Waals surface area contributed by atoms with Crippen LogP contribution in [0, 0.1) is 0 Å². The van der Waals surface area contributed by atoms with Gasteiger partial charge < -0.3 is 4.52 Å². The van der Waals surface area contributed by atoms with Crippen LogP contribution < -0.4 is 0 Å². The highest BCUT2D eigenvalue weighted by Gasteiger charge is 2.24. The average molecular weight is 283 g/mol. The van der Waals surface area contributed by atoms with Crippen molar-refractivity contribution in [3.8, 4) is 0 Å². The third kappa shape index (κ3) is 3.58. The first-order valence-electron chi connectivity index (χ1n) is 7.64. The number of likely N-dealkylation sites (tertiary alicyclic amines) is 1. The van der Waals surface area contributed by atoms with E-state index in [1.165, 1.54) is 18.4 Å². The Labute approximate surface area is 125 Å². The Hall–Kier alpha value is -1.94. The van der Waals surface area contributed by atoms with Gasteiger partial charge in [-0.1, -0.05) is 54.6 Å². The molecule has 0 radical (unpaired) electrons. The van der Waals surface area contributed by atoms with E-state index < -0.39 is 0 Å². The summed E-state index contributed by atoms with van der Waals surface area (Å²) in [6.45, 7) is 3.88. The van der Waals surface area contributed by atoms with Crippen LogP contribution in [0.15, 0.2) is 40.9 Å². The van der Waals surface area contributed by atoms with Crippen molar-refractivity contribution in [1.29, 1.82) is 0 Å². The van der Waals surface area contributed by atoms with Gasteiger partial charge in [-0.15, -0.1) is 0 Å². The maximum absolute atomic E-state index is 5.30. The quantitative estimate of drug-likeness (QED) is 0.844. The molecule has 0 aliphatic carbocycles. The van der Waals surface area contributed by atoms with E-state index in [2.05, 4.69) is 51.5 Å². The Morgan fingerprint density at radius 2 is 2.19 bits per heavy atom. The molecule has 1 aliphatic heterocycles. The topological polar surface area (TPSA) is 42.2 Å². The summed E-state index contributed by atoms with van der Waals surface area (Å²) in [6, 6.07) is 10.9. The molecule has 1 aliphatic rings. The molecular formula is C17H21N3O. The SMILES string of the molecule is CCc1noc(CN2CCCC2/C=C/c2ccccc2)n1. The maximum Gasteiger partial charge on any atom is 0.240 e. The largest absolute Gasteiger partial charge is 0.338 e. The second kappa shape index (κ2) is 6.68. The van der Waals surface area contributed by atoms with Crippen LogP contribution in [-0.2, 0) is 13.0 Å². The molecule has 4 nitrogen and oxygen atoms in total.